The highest BCUT2D eigenvalue weighted by Crippen LogP contribution is 2.52. The Bertz CT molecular complexity index is 386. The molecule has 0 amide bonds. The van der Waals surface area contributed by atoms with E-state index in [4.69, 9.17) is 4.74 Å². The van der Waals surface area contributed by atoms with E-state index in [0.29, 0.717) is 24.1 Å². The van der Waals surface area contributed by atoms with E-state index in [1.54, 1.807) is 0 Å². The van der Waals surface area contributed by atoms with Gasteiger partial charge in [-0.05, 0) is 26.7 Å². The Morgan fingerprint density at radius 1 is 1.30 bits per heavy atom. The van der Waals surface area contributed by atoms with Crippen LogP contribution in [-0.4, -0.2) is 37.3 Å². The Morgan fingerprint density at radius 2 is 2.04 bits per heavy atom. The van der Waals surface area contributed by atoms with Crippen LogP contribution in [0.3, 0.4) is 0 Å². The normalized spacial score (nSPS) is 30.0. The van der Waals surface area contributed by atoms with E-state index in [1.165, 1.54) is 32.1 Å². The molecule has 4 unspecified atom stereocenters. The van der Waals surface area contributed by atoms with E-state index in [9.17, 15) is 0 Å². The molecule has 5 heteroatoms. The van der Waals surface area contributed by atoms with Crippen LogP contribution in [0.4, 0.5) is 0 Å². The molecule has 4 atom stereocenters. The van der Waals surface area contributed by atoms with Crippen molar-refractivity contribution in [2.45, 2.75) is 84.9 Å². The lowest BCUT2D eigenvalue weighted by Crippen LogP contribution is -2.68. The fraction of sp³-hybridized carbons (Fsp3) is 0.944. The predicted octanol–water partition coefficient (Wildman–Crippen LogP) is 3.94. The van der Waals surface area contributed by atoms with E-state index >= 15 is 0 Å². The van der Waals surface area contributed by atoms with Crippen molar-refractivity contribution in [3.63, 3.8) is 0 Å². The SMILES string of the molecule is CCCCCC(C)NC(=NCC)NC1C2CCOC2C1(C)C.I. The third-order valence-electron chi connectivity index (χ3n) is 5.33. The van der Waals surface area contributed by atoms with Gasteiger partial charge in [0.15, 0.2) is 5.96 Å². The zero-order valence-electron chi connectivity index (χ0n) is 15.5. The molecule has 0 bridgehead atoms. The lowest BCUT2D eigenvalue weighted by molar-refractivity contribution is -0.106. The first-order valence-corrected chi connectivity index (χ1v) is 9.19. The van der Waals surface area contributed by atoms with Crippen molar-refractivity contribution in [3.05, 3.63) is 0 Å². The zero-order chi connectivity index (χ0) is 16.2. The van der Waals surface area contributed by atoms with Crippen molar-refractivity contribution >= 4 is 29.9 Å². The number of guanidine groups is 1. The Kier molecular flexibility index (Phi) is 8.63. The number of nitrogens with zero attached hydrogens (tertiary/aromatic N) is 1. The maximum Gasteiger partial charge on any atom is 0.191 e. The second-order valence-electron chi connectivity index (χ2n) is 7.55. The number of aliphatic imine (C=N–C) groups is 1. The molecular weight excluding hydrogens is 401 g/mol. The molecule has 1 saturated carbocycles. The Labute approximate surface area is 159 Å². The van der Waals surface area contributed by atoms with Crippen LogP contribution in [0.1, 0.15) is 66.7 Å². The van der Waals surface area contributed by atoms with Crippen molar-refractivity contribution in [1.29, 1.82) is 0 Å². The minimum absolute atomic E-state index is 0. The van der Waals surface area contributed by atoms with Gasteiger partial charge in [0.1, 0.15) is 0 Å². The van der Waals surface area contributed by atoms with Crippen LogP contribution < -0.4 is 10.6 Å². The molecule has 1 heterocycles. The van der Waals surface area contributed by atoms with E-state index in [-0.39, 0.29) is 29.4 Å². The van der Waals surface area contributed by atoms with E-state index < -0.39 is 0 Å². The van der Waals surface area contributed by atoms with Gasteiger partial charge in [-0.15, -0.1) is 24.0 Å². The molecule has 1 saturated heterocycles. The number of hydrogen-bond donors (Lipinski definition) is 2. The molecule has 23 heavy (non-hydrogen) atoms. The number of hydrogen-bond acceptors (Lipinski definition) is 2. The van der Waals surface area contributed by atoms with E-state index in [2.05, 4.69) is 50.2 Å². The van der Waals surface area contributed by atoms with Gasteiger partial charge in [0, 0.05) is 36.6 Å². The quantitative estimate of drug-likeness (QED) is 0.275. The monoisotopic (exact) mass is 437 g/mol. The van der Waals surface area contributed by atoms with Crippen LogP contribution in [0.15, 0.2) is 4.99 Å². The van der Waals surface area contributed by atoms with Crippen molar-refractivity contribution in [2.24, 2.45) is 16.3 Å². The molecule has 136 valence electrons. The lowest BCUT2D eigenvalue weighted by atomic mass is 9.57. The molecule has 0 aromatic carbocycles. The highest BCUT2D eigenvalue weighted by molar-refractivity contribution is 14.0. The maximum absolute atomic E-state index is 5.89. The van der Waals surface area contributed by atoms with Gasteiger partial charge in [0.05, 0.1) is 6.10 Å². The van der Waals surface area contributed by atoms with Gasteiger partial charge in [-0.25, -0.2) is 0 Å². The second kappa shape index (κ2) is 9.44. The van der Waals surface area contributed by atoms with Gasteiger partial charge in [-0.1, -0.05) is 40.0 Å². The number of ether oxygens (including phenoxy) is 1. The molecule has 4 nitrogen and oxygen atoms in total. The average molecular weight is 437 g/mol. The fourth-order valence-electron chi connectivity index (χ4n) is 4.06. The summed E-state index contributed by atoms with van der Waals surface area (Å²) in [5.74, 6) is 1.63. The van der Waals surface area contributed by atoms with Crippen LogP contribution in [0, 0.1) is 11.3 Å². The summed E-state index contributed by atoms with van der Waals surface area (Å²) in [5.41, 5.74) is 0.197. The number of fused-ring (bicyclic) bond motifs is 1. The summed E-state index contributed by atoms with van der Waals surface area (Å²) in [4.78, 5) is 4.65. The van der Waals surface area contributed by atoms with Gasteiger partial charge in [0.25, 0.3) is 0 Å². The lowest BCUT2D eigenvalue weighted by Gasteiger charge is -2.55. The first-order valence-electron chi connectivity index (χ1n) is 9.19. The highest BCUT2D eigenvalue weighted by Gasteiger charge is 2.59. The first-order chi connectivity index (χ1) is 10.5. The van der Waals surface area contributed by atoms with Gasteiger partial charge in [-0.3, -0.25) is 4.99 Å². The molecule has 0 aromatic rings. The standard InChI is InChI=1S/C18H35N3O.HI/c1-6-8-9-10-13(3)20-17(19-7-2)21-15-14-11-12-22-16(14)18(15,4)5;/h13-16H,6-12H2,1-5H3,(H2,19,20,21);1H. The average Bonchev–Trinajstić information content (AvgIpc) is 2.92. The summed E-state index contributed by atoms with van der Waals surface area (Å²) < 4.78 is 5.89. The second-order valence-corrected chi connectivity index (χ2v) is 7.55. The predicted molar refractivity (Wildman–Crippen MR) is 109 cm³/mol. The Balaban J connectivity index is 0.00000264. The third-order valence-corrected chi connectivity index (χ3v) is 5.33. The number of unbranched alkanes of at least 4 members (excludes halogenated alkanes) is 2. The minimum atomic E-state index is 0. The van der Waals surface area contributed by atoms with Gasteiger partial charge in [-0.2, -0.15) is 0 Å². The summed E-state index contributed by atoms with van der Waals surface area (Å²) >= 11 is 0. The molecular formula is C18H36IN3O. The van der Waals surface area contributed by atoms with Crippen LogP contribution >= 0.6 is 24.0 Å². The zero-order valence-corrected chi connectivity index (χ0v) is 17.9. The Hall–Kier alpha value is -0.0400. The fourth-order valence-corrected chi connectivity index (χ4v) is 4.06. The number of nitrogens with one attached hydrogen (secondary N) is 2. The largest absolute Gasteiger partial charge is 0.377 e. The topological polar surface area (TPSA) is 45.7 Å². The molecule has 2 fully saturated rings. The summed E-state index contributed by atoms with van der Waals surface area (Å²) in [6.45, 7) is 13.0. The van der Waals surface area contributed by atoms with Crippen LogP contribution in [-0.2, 0) is 4.74 Å². The molecule has 2 rings (SSSR count). The Morgan fingerprint density at radius 3 is 2.70 bits per heavy atom. The van der Waals surface area contributed by atoms with E-state index in [1.807, 2.05) is 0 Å². The van der Waals surface area contributed by atoms with Crippen LogP contribution in [0.5, 0.6) is 0 Å². The molecule has 1 aliphatic carbocycles. The molecule has 0 spiro atoms. The number of rotatable bonds is 7. The molecule has 0 aromatic heterocycles. The van der Waals surface area contributed by atoms with Gasteiger partial charge in [0.2, 0.25) is 0 Å². The first kappa shape index (κ1) is 21.0. The van der Waals surface area contributed by atoms with Gasteiger partial charge >= 0.3 is 0 Å². The number of halogens is 1. The molecule has 1 aliphatic heterocycles. The summed E-state index contributed by atoms with van der Waals surface area (Å²) in [5, 5.41) is 7.29. The summed E-state index contributed by atoms with van der Waals surface area (Å²) in [6, 6.07) is 0.948. The van der Waals surface area contributed by atoms with Crippen molar-refractivity contribution in [1.82, 2.24) is 10.6 Å². The smallest absolute Gasteiger partial charge is 0.191 e. The minimum Gasteiger partial charge on any atom is -0.377 e. The van der Waals surface area contributed by atoms with Crippen molar-refractivity contribution < 1.29 is 4.74 Å². The van der Waals surface area contributed by atoms with Crippen LogP contribution in [0.2, 0.25) is 0 Å². The van der Waals surface area contributed by atoms with Crippen LogP contribution in [0.25, 0.3) is 0 Å². The third kappa shape index (κ3) is 4.97. The van der Waals surface area contributed by atoms with E-state index in [0.717, 1.165) is 19.1 Å². The summed E-state index contributed by atoms with van der Waals surface area (Å²) in [7, 11) is 0. The summed E-state index contributed by atoms with van der Waals surface area (Å²) in [6.07, 6.45) is 6.70. The maximum atomic E-state index is 5.89. The van der Waals surface area contributed by atoms with Crippen molar-refractivity contribution in [2.75, 3.05) is 13.2 Å². The molecule has 2 aliphatic rings. The highest BCUT2D eigenvalue weighted by atomic mass is 127. The molecule has 2 N–H and O–H groups in total. The molecule has 0 radical (unpaired) electrons. The van der Waals surface area contributed by atoms with Gasteiger partial charge < -0.3 is 15.4 Å². The van der Waals surface area contributed by atoms with Crippen molar-refractivity contribution in [3.8, 4) is 0 Å².